The molecular weight excluding hydrogens is 271 g/mol. The van der Waals surface area contributed by atoms with Crippen LogP contribution in [0.4, 0.5) is 4.39 Å². The van der Waals surface area contributed by atoms with Crippen molar-refractivity contribution < 1.29 is 4.39 Å². The van der Waals surface area contributed by atoms with Gasteiger partial charge in [0.25, 0.3) is 0 Å². The molecule has 1 unspecified atom stereocenters. The third-order valence-corrected chi connectivity index (χ3v) is 4.58. The Balaban J connectivity index is 2.68. The van der Waals surface area contributed by atoms with Gasteiger partial charge in [0, 0.05) is 23.2 Å². The van der Waals surface area contributed by atoms with Crippen LogP contribution in [0.3, 0.4) is 0 Å². The zero-order valence-electron chi connectivity index (χ0n) is 13.1. The van der Waals surface area contributed by atoms with E-state index in [0.29, 0.717) is 0 Å². The van der Waals surface area contributed by atoms with E-state index in [0.717, 1.165) is 37.5 Å². The van der Waals surface area contributed by atoms with Gasteiger partial charge in [0.15, 0.2) is 0 Å². The Kier molecular flexibility index (Phi) is 8.19. The van der Waals surface area contributed by atoms with Gasteiger partial charge in [-0.05, 0) is 50.3 Å². The summed E-state index contributed by atoms with van der Waals surface area (Å²) in [5.74, 6) is 0.886. The zero-order chi connectivity index (χ0) is 15.0. The molecule has 0 saturated carbocycles. The fourth-order valence-electron chi connectivity index (χ4n) is 2.23. The molecule has 20 heavy (non-hydrogen) atoms. The summed E-state index contributed by atoms with van der Waals surface area (Å²) in [6, 6.07) is 5.31. The lowest BCUT2D eigenvalue weighted by molar-refractivity contribution is 0.324. The molecule has 1 N–H and O–H groups in total. The van der Waals surface area contributed by atoms with E-state index in [2.05, 4.69) is 37.9 Å². The minimum absolute atomic E-state index is 0.155. The molecule has 0 aromatic heterocycles. The lowest BCUT2D eigenvalue weighted by Crippen LogP contribution is -2.25. The topological polar surface area (TPSA) is 15.3 Å². The molecule has 0 aliphatic heterocycles. The Morgan fingerprint density at radius 2 is 1.95 bits per heavy atom. The van der Waals surface area contributed by atoms with Crippen molar-refractivity contribution in [3.8, 4) is 0 Å². The number of rotatable bonds is 9. The van der Waals surface area contributed by atoms with Gasteiger partial charge >= 0.3 is 0 Å². The molecule has 0 aliphatic rings. The van der Waals surface area contributed by atoms with Crippen LogP contribution in [-0.4, -0.2) is 36.8 Å². The van der Waals surface area contributed by atoms with E-state index in [1.54, 1.807) is 12.1 Å². The van der Waals surface area contributed by atoms with Crippen LogP contribution in [-0.2, 0) is 0 Å². The molecule has 0 radical (unpaired) electrons. The minimum Gasteiger partial charge on any atom is -0.310 e. The maximum Gasteiger partial charge on any atom is 0.123 e. The Labute approximate surface area is 127 Å². The van der Waals surface area contributed by atoms with Crippen molar-refractivity contribution in [1.29, 1.82) is 0 Å². The van der Waals surface area contributed by atoms with E-state index in [-0.39, 0.29) is 11.9 Å². The maximum atomic E-state index is 13.5. The Bertz CT molecular complexity index is 394. The molecule has 4 heteroatoms. The zero-order valence-corrected chi connectivity index (χ0v) is 13.9. The van der Waals surface area contributed by atoms with Crippen molar-refractivity contribution in [1.82, 2.24) is 10.2 Å². The largest absolute Gasteiger partial charge is 0.310 e. The van der Waals surface area contributed by atoms with E-state index in [4.69, 9.17) is 0 Å². The van der Waals surface area contributed by atoms with Crippen LogP contribution in [0.25, 0.3) is 0 Å². The fourth-order valence-corrected chi connectivity index (χ4v) is 3.37. The SMILES string of the molecule is CCNC(C)c1cc(F)ccc1SCCN(CC)CC. The van der Waals surface area contributed by atoms with E-state index < -0.39 is 0 Å². The summed E-state index contributed by atoms with van der Waals surface area (Å²) < 4.78 is 13.5. The quantitative estimate of drug-likeness (QED) is 0.695. The summed E-state index contributed by atoms with van der Waals surface area (Å²) in [5.41, 5.74) is 1.07. The van der Waals surface area contributed by atoms with Crippen LogP contribution in [0, 0.1) is 5.82 Å². The van der Waals surface area contributed by atoms with E-state index >= 15 is 0 Å². The van der Waals surface area contributed by atoms with Crippen LogP contribution in [0.1, 0.15) is 39.3 Å². The van der Waals surface area contributed by atoms with Crippen LogP contribution in [0.5, 0.6) is 0 Å². The molecule has 1 rings (SSSR count). The van der Waals surface area contributed by atoms with Gasteiger partial charge in [0.05, 0.1) is 0 Å². The van der Waals surface area contributed by atoms with Crippen molar-refractivity contribution in [2.45, 2.75) is 38.6 Å². The molecule has 0 fully saturated rings. The molecule has 1 aromatic carbocycles. The van der Waals surface area contributed by atoms with Gasteiger partial charge in [0.1, 0.15) is 5.82 Å². The van der Waals surface area contributed by atoms with Crippen molar-refractivity contribution in [2.24, 2.45) is 0 Å². The Hall–Kier alpha value is -0.580. The standard InChI is InChI=1S/C16H27FN2S/c1-5-18-13(4)15-12-14(17)8-9-16(15)20-11-10-19(6-2)7-3/h8-9,12-13,18H,5-7,10-11H2,1-4H3. The molecular formula is C16H27FN2S. The van der Waals surface area contributed by atoms with Crippen LogP contribution in [0.15, 0.2) is 23.1 Å². The predicted octanol–water partition coefficient (Wildman–Crippen LogP) is 3.93. The first-order valence-electron chi connectivity index (χ1n) is 7.50. The summed E-state index contributed by atoms with van der Waals surface area (Å²) in [7, 11) is 0. The number of thioether (sulfide) groups is 1. The minimum atomic E-state index is -0.155. The third-order valence-electron chi connectivity index (χ3n) is 3.51. The van der Waals surface area contributed by atoms with Crippen molar-refractivity contribution in [2.75, 3.05) is 31.9 Å². The average Bonchev–Trinajstić information content (AvgIpc) is 2.45. The van der Waals surface area contributed by atoms with Crippen LogP contribution < -0.4 is 5.32 Å². The second-order valence-corrected chi connectivity index (χ2v) is 5.97. The van der Waals surface area contributed by atoms with Gasteiger partial charge in [-0.2, -0.15) is 0 Å². The molecule has 0 aliphatic carbocycles. The molecule has 2 nitrogen and oxygen atoms in total. The Morgan fingerprint density at radius 3 is 2.55 bits per heavy atom. The van der Waals surface area contributed by atoms with Crippen molar-refractivity contribution in [3.05, 3.63) is 29.6 Å². The second kappa shape index (κ2) is 9.37. The Morgan fingerprint density at radius 1 is 1.25 bits per heavy atom. The number of nitrogens with zero attached hydrogens (tertiary/aromatic N) is 1. The second-order valence-electron chi connectivity index (χ2n) is 4.84. The summed E-state index contributed by atoms with van der Waals surface area (Å²) in [6.45, 7) is 12.7. The number of nitrogens with one attached hydrogen (secondary N) is 1. The molecule has 1 aromatic rings. The highest BCUT2D eigenvalue weighted by Crippen LogP contribution is 2.28. The molecule has 0 saturated heterocycles. The number of hydrogen-bond acceptors (Lipinski definition) is 3. The highest BCUT2D eigenvalue weighted by molar-refractivity contribution is 7.99. The molecule has 0 bridgehead atoms. The summed E-state index contributed by atoms with van der Waals surface area (Å²) >= 11 is 1.82. The summed E-state index contributed by atoms with van der Waals surface area (Å²) in [5, 5.41) is 3.36. The van der Waals surface area contributed by atoms with E-state index in [1.165, 1.54) is 4.90 Å². The molecule has 114 valence electrons. The van der Waals surface area contributed by atoms with Crippen molar-refractivity contribution in [3.63, 3.8) is 0 Å². The first-order chi connectivity index (χ1) is 9.62. The molecule has 0 heterocycles. The monoisotopic (exact) mass is 298 g/mol. The van der Waals surface area contributed by atoms with Gasteiger partial charge in [-0.1, -0.05) is 20.8 Å². The summed E-state index contributed by atoms with van der Waals surface area (Å²) in [4.78, 5) is 3.59. The van der Waals surface area contributed by atoms with Gasteiger partial charge in [-0.25, -0.2) is 4.39 Å². The normalized spacial score (nSPS) is 12.9. The van der Waals surface area contributed by atoms with Crippen molar-refractivity contribution >= 4 is 11.8 Å². The van der Waals surface area contributed by atoms with Crippen LogP contribution >= 0.6 is 11.8 Å². The van der Waals surface area contributed by atoms with Gasteiger partial charge in [-0.15, -0.1) is 11.8 Å². The predicted molar refractivity (Wildman–Crippen MR) is 87.0 cm³/mol. The van der Waals surface area contributed by atoms with E-state index in [9.17, 15) is 4.39 Å². The van der Waals surface area contributed by atoms with Crippen LogP contribution in [0.2, 0.25) is 0 Å². The average molecular weight is 298 g/mol. The van der Waals surface area contributed by atoms with Gasteiger partial charge < -0.3 is 10.2 Å². The highest BCUT2D eigenvalue weighted by atomic mass is 32.2. The number of hydrogen-bond donors (Lipinski definition) is 1. The molecule has 0 spiro atoms. The first-order valence-corrected chi connectivity index (χ1v) is 8.48. The molecule has 1 atom stereocenters. The summed E-state index contributed by atoms with van der Waals surface area (Å²) in [6.07, 6.45) is 0. The highest BCUT2D eigenvalue weighted by Gasteiger charge is 2.11. The van der Waals surface area contributed by atoms with Gasteiger partial charge in [0.2, 0.25) is 0 Å². The lowest BCUT2D eigenvalue weighted by atomic mass is 10.1. The maximum absolute atomic E-state index is 13.5. The van der Waals surface area contributed by atoms with E-state index in [1.807, 2.05) is 17.8 Å². The molecule has 0 amide bonds. The van der Waals surface area contributed by atoms with Gasteiger partial charge in [-0.3, -0.25) is 0 Å². The smallest absolute Gasteiger partial charge is 0.123 e. The first kappa shape index (κ1) is 17.5. The number of halogens is 1. The number of benzene rings is 1. The fraction of sp³-hybridized carbons (Fsp3) is 0.625. The lowest BCUT2D eigenvalue weighted by Gasteiger charge is -2.20. The third kappa shape index (κ3) is 5.43.